The van der Waals surface area contributed by atoms with Gasteiger partial charge in [0.05, 0.1) is 20.0 Å². The molecule has 0 aliphatic carbocycles. The SMILES string of the molecule is CCn1c(Cc2ccc(OC)cc2)nnc1SCC(=O)Nc1scc(-c2ccccc2)c1C(=O)OC. The van der Waals surface area contributed by atoms with Gasteiger partial charge in [0.25, 0.3) is 0 Å². The number of carbonyl (C=O) groups is 2. The van der Waals surface area contributed by atoms with Gasteiger partial charge >= 0.3 is 5.97 Å². The number of benzene rings is 2. The van der Waals surface area contributed by atoms with Gasteiger partial charge in [-0.2, -0.15) is 0 Å². The number of methoxy groups -OCH3 is 2. The minimum atomic E-state index is -0.494. The molecule has 0 radical (unpaired) electrons. The molecule has 2 aromatic carbocycles. The van der Waals surface area contributed by atoms with Gasteiger partial charge in [-0.15, -0.1) is 21.5 Å². The predicted octanol–water partition coefficient (Wildman–Crippen LogP) is 5.14. The Balaban J connectivity index is 1.44. The molecule has 0 fully saturated rings. The minimum absolute atomic E-state index is 0.125. The summed E-state index contributed by atoms with van der Waals surface area (Å²) >= 11 is 2.60. The Hall–Kier alpha value is -3.63. The first-order chi connectivity index (χ1) is 17.5. The van der Waals surface area contributed by atoms with Gasteiger partial charge in [0.15, 0.2) is 5.16 Å². The van der Waals surface area contributed by atoms with Gasteiger partial charge in [-0.3, -0.25) is 4.79 Å². The number of aromatic nitrogens is 3. The highest BCUT2D eigenvalue weighted by Crippen LogP contribution is 2.36. The predicted molar refractivity (Wildman–Crippen MR) is 142 cm³/mol. The van der Waals surface area contributed by atoms with Crippen LogP contribution in [0.3, 0.4) is 0 Å². The number of anilines is 1. The zero-order valence-corrected chi connectivity index (χ0v) is 21.8. The van der Waals surface area contributed by atoms with Gasteiger partial charge in [-0.25, -0.2) is 4.79 Å². The number of nitrogens with zero attached hydrogens (tertiary/aromatic N) is 3. The molecule has 0 spiro atoms. The van der Waals surface area contributed by atoms with Crippen LogP contribution in [-0.2, 0) is 22.5 Å². The monoisotopic (exact) mass is 522 g/mol. The molecule has 186 valence electrons. The third-order valence-electron chi connectivity index (χ3n) is 5.48. The molecule has 8 nitrogen and oxygen atoms in total. The number of nitrogens with one attached hydrogen (secondary N) is 1. The number of ether oxygens (including phenoxy) is 2. The first kappa shape index (κ1) is 25.5. The normalized spacial score (nSPS) is 10.8. The highest BCUT2D eigenvalue weighted by atomic mass is 32.2. The molecule has 2 aromatic heterocycles. The fourth-order valence-electron chi connectivity index (χ4n) is 3.68. The second-order valence-corrected chi connectivity index (χ2v) is 9.54. The van der Waals surface area contributed by atoms with E-state index >= 15 is 0 Å². The number of amides is 1. The molecule has 1 N–H and O–H groups in total. The maximum Gasteiger partial charge on any atom is 0.341 e. The summed E-state index contributed by atoms with van der Waals surface area (Å²) in [7, 11) is 2.97. The van der Waals surface area contributed by atoms with E-state index in [1.807, 2.05) is 71.5 Å². The van der Waals surface area contributed by atoms with Gasteiger partial charge in [0, 0.05) is 23.9 Å². The third-order valence-corrected chi connectivity index (χ3v) is 7.34. The van der Waals surface area contributed by atoms with Crippen molar-refractivity contribution in [2.45, 2.75) is 25.0 Å². The highest BCUT2D eigenvalue weighted by Gasteiger charge is 2.22. The zero-order chi connectivity index (χ0) is 25.5. The first-order valence-corrected chi connectivity index (χ1v) is 13.1. The fourth-order valence-corrected chi connectivity index (χ4v) is 5.47. The summed E-state index contributed by atoms with van der Waals surface area (Å²) in [4.78, 5) is 25.3. The number of hydrogen-bond donors (Lipinski definition) is 1. The summed E-state index contributed by atoms with van der Waals surface area (Å²) in [5.41, 5.74) is 3.05. The van der Waals surface area contributed by atoms with E-state index in [-0.39, 0.29) is 11.7 Å². The van der Waals surface area contributed by atoms with Crippen LogP contribution >= 0.6 is 23.1 Å². The standard InChI is InChI=1S/C26H26N4O4S2/c1-4-30-21(14-17-10-12-19(33-2)13-11-17)28-29-26(30)36-16-22(31)27-24-23(25(32)34-3)20(15-35-24)18-8-6-5-7-9-18/h5-13,15H,4,14,16H2,1-3H3,(H,27,31). The van der Waals surface area contributed by atoms with E-state index in [0.717, 1.165) is 28.3 Å². The van der Waals surface area contributed by atoms with Crippen molar-refractivity contribution < 1.29 is 19.1 Å². The summed E-state index contributed by atoms with van der Waals surface area (Å²) < 4.78 is 12.2. The van der Waals surface area contributed by atoms with E-state index < -0.39 is 5.97 Å². The van der Waals surface area contributed by atoms with E-state index in [1.54, 1.807) is 7.11 Å². The van der Waals surface area contributed by atoms with E-state index in [1.165, 1.54) is 30.2 Å². The lowest BCUT2D eigenvalue weighted by molar-refractivity contribution is -0.113. The Morgan fingerprint density at radius 1 is 1.06 bits per heavy atom. The molecule has 4 aromatic rings. The molecule has 2 heterocycles. The lowest BCUT2D eigenvalue weighted by Crippen LogP contribution is -2.16. The lowest BCUT2D eigenvalue weighted by atomic mass is 10.0. The van der Waals surface area contributed by atoms with E-state index in [4.69, 9.17) is 9.47 Å². The summed E-state index contributed by atoms with van der Waals surface area (Å²) in [6.07, 6.45) is 0.623. The van der Waals surface area contributed by atoms with Crippen LogP contribution in [0.2, 0.25) is 0 Å². The van der Waals surface area contributed by atoms with Crippen molar-refractivity contribution in [3.8, 4) is 16.9 Å². The van der Waals surface area contributed by atoms with Crippen molar-refractivity contribution in [3.05, 3.63) is 76.9 Å². The van der Waals surface area contributed by atoms with Crippen molar-refractivity contribution in [2.75, 3.05) is 25.3 Å². The summed E-state index contributed by atoms with van der Waals surface area (Å²) in [5.74, 6) is 1.01. The minimum Gasteiger partial charge on any atom is -0.497 e. The molecule has 10 heteroatoms. The van der Waals surface area contributed by atoms with E-state index in [9.17, 15) is 9.59 Å². The van der Waals surface area contributed by atoms with Crippen molar-refractivity contribution in [2.24, 2.45) is 0 Å². The smallest absolute Gasteiger partial charge is 0.341 e. The summed E-state index contributed by atoms with van der Waals surface area (Å²) in [5, 5.41) is 14.5. The molecule has 0 aliphatic rings. The van der Waals surface area contributed by atoms with Gasteiger partial charge in [0.2, 0.25) is 5.91 Å². The Kier molecular flexibility index (Phi) is 8.40. The van der Waals surface area contributed by atoms with Crippen molar-refractivity contribution >= 4 is 40.0 Å². The van der Waals surface area contributed by atoms with Crippen LogP contribution in [0.5, 0.6) is 5.75 Å². The van der Waals surface area contributed by atoms with Crippen LogP contribution in [0.4, 0.5) is 5.00 Å². The first-order valence-electron chi connectivity index (χ1n) is 11.3. The fraction of sp³-hybridized carbons (Fsp3) is 0.231. The second-order valence-electron chi connectivity index (χ2n) is 7.72. The zero-order valence-electron chi connectivity index (χ0n) is 20.2. The van der Waals surface area contributed by atoms with Crippen LogP contribution in [0, 0.1) is 0 Å². The largest absolute Gasteiger partial charge is 0.497 e. The number of thioether (sulfide) groups is 1. The maximum atomic E-state index is 12.8. The van der Waals surface area contributed by atoms with Crippen molar-refractivity contribution in [1.82, 2.24) is 14.8 Å². The molecular weight excluding hydrogens is 496 g/mol. The molecule has 0 saturated carbocycles. The number of rotatable bonds is 10. The quantitative estimate of drug-likeness (QED) is 0.227. The highest BCUT2D eigenvalue weighted by molar-refractivity contribution is 7.99. The molecule has 0 unspecified atom stereocenters. The van der Waals surface area contributed by atoms with E-state index in [0.29, 0.717) is 28.7 Å². The van der Waals surface area contributed by atoms with Crippen LogP contribution < -0.4 is 10.1 Å². The molecule has 0 bridgehead atoms. The van der Waals surface area contributed by atoms with Gasteiger partial charge < -0.3 is 19.4 Å². The topological polar surface area (TPSA) is 95.3 Å². The number of thiophene rings is 1. The van der Waals surface area contributed by atoms with Crippen LogP contribution in [0.25, 0.3) is 11.1 Å². The molecule has 0 aliphatic heterocycles. The molecule has 0 atom stereocenters. The lowest BCUT2D eigenvalue weighted by Gasteiger charge is -2.09. The third kappa shape index (κ3) is 5.77. The molecular formula is C26H26N4O4S2. The number of esters is 1. The Labute approximate surface area is 217 Å². The Morgan fingerprint density at radius 3 is 2.47 bits per heavy atom. The van der Waals surface area contributed by atoms with Gasteiger partial charge in [0.1, 0.15) is 22.1 Å². The number of hydrogen-bond acceptors (Lipinski definition) is 8. The molecule has 4 rings (SSSR count). The average Bonchev–Trinajstić information content (AvgIpc) is 3.51. The summed E-state index contributed by atoms with van der Waals surface area (Å²) in [6, 6.07) is 17.4. The average molecular weight is 523 g/mol. The molecule has 1 amide bonds. The van der Waals surface area contributed by atoms with Crippen LogP contribution in [-0.4, -0.2) is 46.6 Å². The maximum absolute atomic E-state index is 12.8. The second kappa shape index (κ2) is 11.9. The molecule has 36 heavy (non-hydrogen) atoms. The summed E-state index contributed by atoms with van der Waals surface area (Å²) in [6.45, 7) is 2.70. The Bertz CT molecular complexity index is 1330. The van der Waals surface area contributed by atoms with Crippen LogP contribution in [0.15, 0.2) is 65.1 Å². The number of carbonyl (C=O) groups excluding carboxylic acids is 2. The van der Waals surface area contributed by atoms with Gasteiger partial charge in [-0.05, 0) is 30.2 Å². The van der Waals surface area contributed by atoms with E-state index in [2.05, 4.69) is 15.5 Å². The van der Waals surface area contributed by atoms with Gasteiger partial charge in [-0.1, -0.05) is 54.2 Å². The van der Waals surface area contributed by atoms with Crippen LogP contribution in [0.1, 0.15) is 28.7 Å². The Morgan fingerprint density at radius 2 is 1.81 bits per heavy atom. The van der Waals surface area contributed by atoms with Crippen molar-refractivity contribution in [1.29, 1.82) is 0 Å². The van der Waals surface area contributed by atoms with Crippen molar-refractivity contribution in [3.63, 3.8) is 0 Å². The molecule has 0 saturated heterocycles.